The van der Waals surface area contributed by atoms with Crippen molar-refractivity contribution in [2.24, 2.45) is 0 Å². The number of amides is 1. The zero-order valence-corrected chi connectivity index (χ0v) is 10.4. The number of nitrogens with zero attached hydrogens (tertiary/aromatic N) is 1. The van der Waals surface area contributed by atoms with E-state index in [-0.39, 0.29) is 5.91 Å². The number of methoxy groups -OCH3 is 2. The fourth-order valence-corrected chi connectivity index (χ4v) is 2.16. The second-order valence-electron chi connectivity index (χ2n) is 4.00. The smallest absolute Gasteiger partial charge is 0.254 e. The molecule has 4 heteroatoms. The Morgan fingerprint density at radius 1 is 1.24 bits per heavy atom. The molecule has 2 rings (SSSR count). The van der Waals surface area contributed by atoms with Crippen LogP contribution in [0.25, 0.3) is 0 Å². The largest absolute Gasteiger partial charge is 0.493 e. The Kier molecular flexibility index (Phi) is 3.22. The van der Waals surface area contributed by atoms with Crippen molar-refractivity contribution in [3.05, 3.63) is 23.3 Å². The van der Waals surface area contributed by atoms with Crippen molar-refractivity contribution < 1.29 is 14.3 Å². The van der Waals surface area contributed by atoms with Gasteiger partial charge in [0.05, 0.1) is 14.2 Å². The van der Waals surface area contributed by atoms with Gasteiger partial charge in [0.1, 0.15) is 0 Å². The molecule has 4 nitrogen and oxygen atoms in total. The van der Waals surface area contributed by atoms with Gasteiger partial charge in [0.15, 0.2) is 11.5 Å². The molecule has 1 aromatic rings. The molecule has 1 aliphatic rings. The van der Waals surface area contributed by atoms with Gasteiger partial charge in [-0.15, -0.1) is 0 Å². The molecule has 92 valence electrons. The molecule has 0 fully saturated rings. The minimum absolute atomic E-state index is 0.0784. The van der Waals surface area contributed by atoms with Crippen LogP contribution >= 0.6 is 0 Å². The van der Waals surface area contributed by atoms with Crippen LogP contribution in [0.3, 0.4) is 0 Å². The van der Waals surface area contributed by atoms with Crippen LogP contribution in [0, 0.1) is 0 Å². The van der Waals surface area contributed by atoms with E-state index in [2.05, 4.69) is 0 Å². The van der Waals surface area contributed by atoms with Crippen molar-refractivity contribution >= 4 is 5.91 Å². The summed E-state index contributed by atoms with van der Waals surface area (Å²) in [5.41, 5.74) is 1.77. The minimum Gasteiger partial charge on any atom is -0.493 e. The van der Waals surface area contributed by atoms with Crippen LogP contribution in [0.15, 0.2) is 12.1 Å². The first-order valence-electron chi connectivity index (χ1n) is 5.75. The minimum atomic E-state index is 0.0784. The van der Waals surface area contributed by atoms with Crippen molar-refractivity contribution in [1.29, 1.82) is 0 Å². The molecule has 0 radical (unpaired) electrons. The SMILES string of the molecule is CCN1CCc2cc(OC)c(OC)cc2C1=O. The van der Waals surface area contributed by atoms with Crippen molar-refractivity contribution in [2.45, 2.75) is 13.3 Å². The van der Waals surface area contributed by atoms with E-state index in [0.29, 0.717) is 11.5 Å². The van der Waals surface area contributed by atoms with Crippen LogP contribution in [-0.2, 0) is 6.42 Å². The topological polar surface area (TPSA) is 38.8 Å². The van der Waals surface area contributed by atoms with E-state index >= 15 is 0 Å². The Morgan fingerprint density at radius 2 is 1.88 bits per heavy atom. The number of fused-ring (bicyclic) bond motifs is 1. The molecule has 0 spiro atoms. The number of carbonyl (C=O) groups is 1. The molecule has 1 aromatic carbocycles. The summed E-state index contributed by atoms with van der Waals surface area (Å²) in [5, 5.41) is 0. The molecule has 0 atom stereocenters. The monoisotopic (exact) mass is 235 g/mol. The third-order valence-electron chi connectivity index (χ3n) is 3.16. The van der Waals surface area contributed by atoms with Gasteiger partial charge >= 0.3 is 0 Å². The molecule has 0 saturated carbocycles. The van der Waals surface area contributed by atoms with Gasteiger partial charge in [-0.25, -0.2) is 0 Å². The summed E-state index contributed by atoms with van der Waals surface area (Å²) < 4.78 is 10.5. The van der Waals surface area contributed by atoms with Crippen molar-refractivity contribution in [3.8, 4) is 11.5 Å². The van der Waals surface area contributed by atoms with Gasteiger partial charge in [0.25, 0.3) is 5.91 Å². The highest BCUT2D eigenvalue weighted by Gasteiger charge is 2.25. The molecule has 0 aromatic heterocycles. The molecular formula is C13H17NO3. The van der Waals surface area contributed by atoms with Crippen molar-refractivity contribution in [3.63, 3.8) is 0 Å². The van der Waals surface area contributed by atoms with E-state index in [0.717, 1.165) is 30.6 Å². The number of hydrogen-bond acceptors (Lipinski definition) is 3. The number of likely N-dealkylation sites (N-methyl/N-ethyl adjacent to an activating group) is 1. The van der Waals surface area contributed by atoms with E-state index < -0.39 is 0 Å². The Bertz CT molecular complexity index is 443. The van der Waals surface area contributed by atoms with E-state index in [4.69, 9.17) is 9.47 Å². The second kappa shape index (κ2) is 4.65. The summed E-state index contributed by atoms with van der Waals surface area (Å²) in [6.45, 7) is 3.51. The first-order chi connectivity index (χ1) is 8.21. The lowest BCUT2D eigenvalue weighted by atomic mass is 9.98. The van der Waals surface area contributed by atoms with Gasteiger partial charge in [-0.2, -0.15) is 0 Å². The van der Waals surface area contributed by atoms with Crippen LogP contribution in [0.4, 0.5) is 0 Å². The summed E-state index contributed by atoms with van der Waals surface area (Å²) in [7, 11) is 3.18. The van der Waals surface area contributed by atoms with Gasteiger partial charge in [-0.1, -0.05) is 0 Å². The molecule has 17 heavy (non-hydrogen) atoms. The number of benzene rings is 1. The van der Waals surface area contributed by atoms with Gasteiger partial charge in [0.2, 0.25) is 0 Å². The van der Waals surface area contributed by atoms with Crippen LogP contribution in [0.1, 0.15) is 22.8 Å². The van der Waals surface area contributed by atoms with Crippen molar-refractivity contribution in [2.75, 3.05) is 27.3 Å². The molecule has 0 bridgehead atoms. The molecule has 0 saturated heterocycles. The molecular weight excluding hydrogens is 218 g/mol. The highest BCUT2D eigenvalue weighted by atomic mass is 16.5. The van der Waals surface area contributed by atoms with E-state index in [9.17, 15) is 4.79 Å². The maximum absolute atomic E-state index is 12.1. The zero-order valence-electron chi connectivity index (χ0n) is 10.4. The third kappa shape index (κ3) is 1.95. The molecule has 1 aliphatic heterocycles. The zero-order chi connectivity index (χ0) is 12.4. The number of carbonyl (C=O) groups excluding carboxylic acids is 1. The lowest BCUT2D eigenvalue weighted by Crippen LogP contribution is -2.37. The predicted octanol–water partition coefficient (Wildman–Crippen LogP) is 1.72. The maximum Gasteiger partial charge on any atom is 0.254 e. The number of rotatable bonds is 3. The van der Waals surface area contributed by atoms with Gasteiger partial charge in [0, 0.05) is 18.7 Å². The van der Waals surface area contributed by atoms with E-state index in [1.807, 2.05) is 17.9 Å². The Morgan fingerprint density at radius 3 is 2.47 bits per heavy atom. The summed E-state index contributed by atoms with van der Waals surface area (Å²) in [6.07, 6.45) is 0.870. The van der Waals surface area contributed by atoms with E-state index in [1.54, 1.807) is 20.3 Å². The fourth-order valence-electron chi connectivity index (χ4n) is 2.16. The highest BCUT2D eigenvalue weighted by molar-refractivity contribution is 5.97. The normalized spacial score (nSPS) is 14.5. The van der Waals surface area contributed by atoms with Gasteiger partial charge in [-0.05, 0) is 31.0 Å². The predicted molar refractivity (Wildman–Crippen MR) is 64.8 cm³/mol. The van der Waals surface area contributed by atoms with Gasteiger partial charge in [-0.3, -0.25) is 4.79 Å². The first-order valence-corrected chi connectivity index (χ1v) is 5.75. The lowest BCUT2D eigenvalue weighted by Gasteiger charge is -2.28. The Labute approximate surface area is 101 Å². The van der Waals surface area contributed by atoms with E-state index in [1.165, 1.54) is 0 Å². The van der Waals surface area contributed by atoms with Crippen LogP contribution in [-0.4, -0.2) is 38.1 Å². The molecule has 0 N–H and O–H groups in total. The standard InChI is InChI=1S/C13H17NO3/c1-4-14-6-5-9-7-11(16-2)12(17-3)8-10(9)13(14)15/h7-8H,4-6H2,1-3H3. The maximum atomic E-state index is 12.1. The molecule has 1 amide bonds. The first kappa shape index (κ1) is 11.8. The molecule has 0 unspecified atom stereocenters. The summed E-state index contributed by atoms with van der Waals surface area (Å²) in [4.78, 5) is 14.0. The Hall–Kier alpha value is -1.71. The van der Waals surface area contributed by atoms with Gasteiger partial charge < -0.3 is 14.4 Å². The highest BCUT2D eigenvalue weighted by Crippen LogP contribution is 2.33. The van der Waals surface area contributed by atoms with Crippen molar-refractivity contribution in [1.82, 2.24) is 4.90 Å². The summed E-state index contributed by atoms with van der Waals surface area (Å²) >= 11 is 0. The summed E-state index contributed by atoms with van der Waals surface area (Å²) in [5.74, 6) is 1.37. The Balaban J connectivity index is 2.47. The second-order valence-corrected chi connectivity index (χ2v) is 4.00. The average Bonchev–Trinajstić information content (AvgIpc) is 2.38. The van der Waals surface area contributed by atoms with Crippen LogP contribution in [0.5, 0.6) is 11.5 Å². The summed E-state index contributed by atoms with van der Waals surface area (Å²) in [6, 6.07) is 3.68. The third-order valence-corrected chi connectivity index (χ3v) is 3.16. The number of hydrogen-bond donors (Lipinski definition) is 0. The van der Waals surface area contributed by atoms with Crippen LogP contribution in [0.2, 0.25) is 0 Å². The average molecular weight is 235 g/mol. The molecule has 0 aliphatic carbocycles. The van der Waals surface area contributed by atoms with Crippen LogP contribution < -0.4 is 9.47 Å². The lowest BCUT2D eigenvalue weighted by molar-refractivity contribution is 0.0748. The number of ether oxygens (including phenoxy) is 2. The quantitative estimate of drug-likeness (QED) is 0.800. The molecule has 1 heterocycles. The fraction of sp³-hybridized carbons (Fsp3) is 0.462.